The van der Waals surface area contributed by atoms with Crippen LogP contribution in [0, 0.1) is 0 Å². The molecule has 5 nitrogen and oxygen atoms in total. The van der Waals surface area contributed by atoms with E-state index < -0.39 is 0 Å². The van der Waals surface area contributed by atoms with Crippen molar-refractivity contribution < 1.29 is 8.83 Å². The van der Waals surface area contributed by atoms with Crippen LogP contribution in [0.1, 0.15) is 0 Å². The summed E-state index contributed by atoms with van der Waals surface area (Å²) in [6.45, 7) is 0. The molecular weight excluding hydrogens is 663 g/mol. The first-order chi connectivity index (χ1) is 26.8. The lowest BCUT2D eigenvalue weighted by Gasteiger charge is -2.10. The maximum atomic E-state index is 6.87. The van der Waals surface area contributed by atoms with E-state index in [0.717, 1.165) is 93.6 Å². The van der Waals surface area contributed by atoms with Crippen LogP contribution in [0.25, 0.3) is 111 Å². The van der Waals surface area contributed by atoms with Crippen molar-refractivity contribution in [3.05, 3.63) is 176 Å². The second-order valence-corrected chi connectivity index (χ2v) is 13.5. The Hall–Kier alpha value is -7.37. The zero-order chi connectivity index (χ0) is 35.6. The third-order valence-corrected chi connectivity index (χ3v) is 10.3. The van der Waals surface area contributed by atoms with Crippen molar-refractivity contribution in [2.24, 2.45) is 0 Å². The quantitative estimate of drug-likeness (QED) is 0.180. The van der Waals surface area contributed by atoms with Crippen LogP contribution in [0.2, 0.25) is 0 Å². The Balaban J connectivity index is 1.14. The van der Waals surface area contributed by atoms with Crippen molar-refractivity contribution in [3.8, 4) is 56.4 Å². The normalized spacial score (nSPS) is 11.7. The molecule has 0 aliphatic carbocycles. The summed E-state index contributed by atoms with van der Waals surface area (Å²) in [5, 5.41) is 6.34. The van der Waals surface area contributed by atoms with Crippen molar-refractivity contribution >= 4 is 54.6 Å². The summed E-state index contributed by atoms with van der Waals surface area (Å²) in [5.41, 5.74) is 10.4. The fourth-order valence-electron chi connectivity index (χ4n) is 7.85. The fraction of sp³-hybridized carbons (Fsp3) is 0. The van der Waals surface area contributed by atoms with E-state index in [4.69, 9.17) is 23.8 Å². The van der Waals surface area contributed by atoms with E-state index in [1.54, 1.807) is 0 Å². The van der Waals surface area contributed by atoms with Crippen molar-refractivity contribution in [2.75, 3.05) is 0 Å². The minimum absolute atomic E-state index is 0.582. The van der Waals surface area contributed by atoms with Gasteiger partial charge in [-0.25, -0.2) is 15.0 Å². The van der Waals surface area contributed by atoms with E-state index in [1.807, 2.05) is 60.7 Å². The molecule has 0 saturated carbocycles. The molecule has 0 saturated heterocycles. The molecule has 252 valence electrons. The van der Waals surface area contributed by atoms with Crippen LogP contribution in [-0.4, -0.2) is 15.0 Å². The second-order valence-electron chi connectivity index (χ2n) is 13.5. The van der Waals surface area contributed by atoms with E-state index in [-0.39, 0.29) is 0 Å². The topological polar surface area (TPSA) is 65.0 Å². The number of benzene rings is 8. The van der Waals surface area contributed by atoms with Crippen LogP contribution < -0.4 is 0 Å². The van der Waals surface area contributed by atoms with Gasteiger partial charge in [0.25, 0.3) is 0 Å². The van der Waals surface area contributed by atoms with Crippen LogP contribution in [0.5, 0.6) is 0 Å². The third-order valence-electron chi connectivity index (χ3n) is 10.3. The van der Waals surface area contributed by atoms with Gasteiger partial charge >= 0.3 is 0 Å². The zero-order valence-electron chi connectivity index (χ0n) is 28.9. The lowest BCUT2D eigenvalue weighted by Crippen LogP contribution is -2.00. The molecule has 0 radical (unpaired) electrons. The number of furan rings is 2. The van der Waals surface area contributed by atoms with Crippen molar-refractivity contribution in [3.63, 3.8) is 0 Å². The van der Waals surface area contributed by atoms with E-state index >= 15 is 0 Å². The van der Waals surface area contributed by atoms with Crippen LogP contribution in [0.15, 0.2) is 185 Å². The maximum Gasteiger partial charge on any atom is 0.164 e. The van der Waals surface area contributed by atoms with Gasteiger partial charge in [-0.3, -0.25) is 0 Å². The Bertz CT molecular complexity index is 3200. The first kappa shape index (κ1) is 30.3. The van der Waals surface area contributed by atoms with Crippen molar-refractivity contribution in [2.45, 2.75) is 0 Å². The molecule has 11 rings (SSSR count). The third kappa shape index (κ3) is 4.83. The summed E-state index contributed by atoms with van der Waals surface area (Å²) in [5.74, 6) is 1.80. The molecule has 0 N–H and O–H groups in total. The molecule has 0 aliphatic heterocycles. The molecular formula is C49H29N3O2. The van der Waals surface area contributed by atoms with Gasteiger partial charge in [-0.15, -0.1) is 0 Å². The van der Waals surface area contributed by atoms with Gasteiger partial charge in [-0.2, -0.15) is 0 Å². The van der Waals surface area contributed by atoms with Crippen LogP contribution in [0.4, 0.5) is 0 Å². The Kier molecular flexibility index (Phi) is 6.79. The van der Waals surface area contributed by atoms with E-state index in [9.17, 15) is 0 Å². The molecule has 0 spiro atoms. The summed E-state index contributed by atoms with van der Waals surface area (Å²) in [6, 6.07) is 60.2. The number of aromatic nitrogens is 3. The van der Waals surface area contributed by atoms with Crippen molar-refractivity contribution in [1.29, 1.82) is 0 Å². The number of hydrogen-bond acceptors (Lipinski definition) is 5. The van der Waals surface area contributed by atoms with Crippen LogP contribution >= 0.6 is 0 Å². The smallest absolute Gasteiger partial charge is 0.164 e. The van der Waals surface area contributed by atoms with Crippen LogP contribution in [-0.2, 0) is 0 Å². The highest BCUT2D eigenvalue weighted by Gasteiger charge is 2.23. The van der Waals surface area contributed by atoms with Gasteiger partial charge < -0.3 is 8.83 Å². The summed E-state index contributed by atoms with van der Waals surface area (Å²) >= 11 is 0. The summed E-state index contributed by atoms with van der Waals surface area (Å²) in [4.78, 5) is 15.3. The molecule has 0 atom stereocenters. The fourth-order valence-corrected chi connectivity index (χ4v) is 7.85. The maximum absolute atomic E-state index is 6.87. The number of para-hydroxylation sites is 2. The highest BCUT2D eigenvalue weighted by atomic mass is 16.3. The lowest BCUT2D eigenvalue weighted by molar-refractivity contribution is 0.669. The molecule has 0 amide bonds. The van der Waals surface area contributed by atoms with E-state index in [1.165, 1.54) is 0 Å². The highest BCUT2D eigenvalue weighted by Crippen LogP contribution is 2.46. The molecule has 5 heteroatoms. The van der Waals surface area contributed by atoms with Gasteiger partial charge in [-0.1, -0.05) is 158 Å². The Morgan fingerprint density at radius 3 is 1.69 bits per heavy atom. The molecule has 0 fully saturated rings. The lowest BCUT2D eigenvalue weighted by atomic mass is 9.92. The molecule has 54 heavy (non-hydrogen) atoms. The molecule has 0 unspecified atom stereocenters. The summed E-state index contributed by atoms with van der Waals surface area (Å²) in [7, 11) is 0. The van der Waals surface area contributed by atoms with Gasteiger partial charge in [0.15, 0.2) is 17.5 Å². The Morgan fingerprint density at radius 1 is 0.333 bits per heavy atom. The predicted molar refractivity (Wildman–Crippen MR) is 219 cm³/mol. The molecule has 0 bridgehead atoms. The Morgan fingerprint density at radius 2 is 0.889 bits per heavy atom. The standard InChI is InChI=1S/C49H29N3O2/c1-3-13-30(14-4-1)31-25-27-33(28-26-31)48-50-47(32-15-5-2-6-16-32)51-49(52-48)39-22-12-24-41-43(39)37-20-11-21-38(46(37)54-41)44-35-18-8-7-17-34(35)29-42-45(44)36-19-9-10-23-40(36)53-42/h1-29H. The highest BCUT2D eigenvalue weighted by molar-refractivity contribution is 6.24. The number of hydrogen-bond donors (Lipinski definition) is 0. The first-order valence-corrected chi connectivity index (χ1v) is 18.0. The number of rotatable bonds is 5. The van der Waals surface area contributed by atoms with Gasteiger partial charge in [0.05, 0.1) is 0 Å². The predicted octanol–water partition coefficient (Wildman–Crippen LogP) is 13.2. The van der Waals surface area contributed by atoms with Gasteiger partial charge in [0, 0.05) is 49.4 Å². The SMILES string of the molecule is c1ccc(-c2ccc(-c3nc(-c4ccccc4)nc(-c4cccc5oc6c(-c7c8ccccc8cc8oc9ccccc9c78)cccc6c45)n3)cc2)cc1. The van der Waals surface area contributed by atoms with Crippen LogP contribution in [0.3, 0.4) is 0 Å². The molecule has 3 aromatic heterocycles. The largest absolute Gasteiger partial charge is 0.456 e. The minimum Gasteiger partial charge on any atom is -0.456 e. The first-order valence-electron chi connectivity index (χ1n) is 18.0. The van der Waals surface area contributed by atoms with Gasteiger partial charge in [0.2, 0.25) is 0 Å². The minimum atomic E-state index is 0.582. The monoisotopic (exact) mass is 691 g/mol. The summed E-state index contributed by atoms with van der Waals surface area (Å²) < 4.78 is 13.3. The molecule has 11 aromatic rings. The molecule has 8 aromatic carbocycles. The zero-order valence-corrected chi connectivity index (χ0v) is 28.9. The Labute approximate surface area is 309 Å². The van der Waals surface area contributed by atoms with Crippen molar-refractivity contribution in [1.82, 2.24) is 15.0 Å². The summed E-state index contributed by atoms with van der Waals surface area (Å²) in [6.07, 6.45) is 0. The van der Waals surface area contributed by atoms with E-state index in [0.29, 0.717) is 17.5 Å². The second kappa shape index (κ2) is 12.1. The number of nitrogens with zero attached hydrogens (tertiary/aromatic N) is 3. The van der Waals surface area contributed by atoms with Gasteiger partial charge in [-0.05, 0) is 40.1 Å². The van der Waals surface area contributed by atoms with E-state index in [2.05, 4.69) is 115 Å². The van der Waals surface area contributed by atoms with Gasteiger partial charge in [0.1, 0.15) is 22.3 Å². The average molecular weight is 692 g/mol. The molecule has 0 aliphatic rings. The number of fused-ring (bicyclic) bond motifs is 7. The molecule has 3 heterocycles. The average Bonchev–Trinajstić information content (AvgIpc) is 3.82.